The van der Waals surface area contributed by atoms with E-state index in [0.717, 1.165) is 12.8 Å². The number of rotatable bonds is 3. The monoisotopic (exact) mass is 210 g/mol. The first-order valence-corrected chi connectivity index (χ1v) is 5.67. The minimum Gasteiger partial charge on any atom is -0.472 e. The normalized spacial score (nSPS) is 22.5. The molecule has 1 heterocycles. The molecular formula is C12H18O3. The lowest BCUT2D eigenvalue weighted by Gasteiger charge is -2.29. The maximum Gasteiger partial charge on any atom is 0.108 e. The molecule has 2 N–H and O–H groups in total. The van der Waals surface area contributed by atoms with Gasteiger partial charge in [0.1, 0.15) is 6.10 Å². The molecule has 2 unspecified atom stereocenters. The van der Waals surface area contributed by atoms with Crippen LogP contribution in [0.2, 0.25) is 0 Å². The fourth-order valence-electron chi connectivity index (χ4n) is 2.37. The predicted octanol–water partition coefficient (Wildman–Crippen LogP) is 2.25. The highest BCUT2D eigenvalue weighted by Crippen LogP contribution is 2.32. The van der Waals surface area contributed by atoms with Crippen LogP contribution in [0.5, 0.6) is 0 Å². The van der Waals surface area contributed by atoms with Gasteiger partial charge in [0.2, 0.25) is 0 Å². The summed E-state index contributed by atoms with van der Waals surface area (Å²) in [5.74, 6) is 0.239. The number of aliphatic hydroxyl groups is 2. The molecule has 1 aliphatic carbocycles. The van der Waals surface area contributed by atoms with Crippen LogP contribution in [0.1, 0.15) is 43.8 Å². The van der Waals surface area contributed by atoms with Gasteiger partial charge in [-0.25, -0.2) is 0 Å². The molecule has 0 bridgehead atoms. The van der Waals surface area contributed by atoms with Crippen LogP contribution >= 0.6 is 0 Å². The van der Waals surface area contributed by atoms with Gasteiger partial charge in [-0.05, 0) is 24.8 Å². The van der Waals surface area contributed by atoms with Crippen molar-refractivity contribution in [3.05, 3.63) is 24.2 Å². The summed E-state index contributed by atoms with van der Waals surface area (Å²) in [5.41, 5.74) is 0.674. The summed E-state index contributed by atoms with van der Waals surface area (Å²) in [6, 6.07) is 1.71. The quantitative estimate of drug-likeness (QED) is 0.804. The van der Waals surface area contributed by atoms with Crippen LogP contribution in [-0.4, -0.2) is 16.3 Å². The van der Waals surface area contributed by atoms with Gasteiger partial charge in [-0.15, -0.1) is 0 Å². The lowest BCUT2D eigenvalue weighted by atomic mass is 9.82. The summed E-state index contributed by atoms with van der Waals surface area (Å²) in [6.45, 7) is 0. The maximum absolute atomic E-state index is 10.0. The second kappa shape index (κ2) is 4.81. The molecule has 0 saturated heterocycles. The van der Waals surface area contributed by atoms with Gasteiger partial charge in [0, 0.05) is 5.56 Å². The Balaban J connectivity index is 1.97. The Morgan fingerprint density at radius 2 is 1.93 bits per heavy atom. The molecule has 0 radical (unpaired) electrons. The van der Waals surface area contributed by atoms with Gasteiger partial charge in [0.15, 0.2) is 0 Å². The minimum atomic E-state index is -0.799. The van der Waals surface area contributed by atoms with E-state index in [1.165, 1.54) is 31.8 Å². The SMILES string of the molecule is OC(c1ccoc1)C(O)C1CCCCC1. The topological polar surface area (TPSA) is 53.6 Å². The van der Waals surface area contributed by atoms with Crippen LogP contribution in [-0.2, 0) is 0 Å². The average molecular weight is 210 g/mol. The summed E-state index contributed by atoms with van der Waals surface area (Å²) in [4.78, 5) is 0. The molecule has 1 saturated carbocycles. The second-order valence-electron chi connectivity index (χ2n) is 4.39. The van der Waals surface area contributed by atoms with Crippen molar-refractivity contribution in [3.8, 4) is 0 Å². The zero-order valence-electron chi connectivity index (χ0n) is 8.80. The molecule has 0 aromatic carbocycles. The van der Waals surface area contributed by atoms with E-state index in [4.69, 9.17) is 4.42 Å². The van der Waals surface area contributed by atoms with Crippen LogP contribution in [0.4, 0.5) is 0 Å². The molecule has 15 heavy (non-hydrogen) atoms. The fraction of sp³-hybridized carbons (Fsp3) is 0.667. The molecule has 3 heteroatoms. The van der Waals surface area contributed by atoms with Crippen LogP contribution in [0.25, 0.3) is 0 Å². The predicted molar refractivity (Wildman–Crippen MR) is 56.2 cm³/mol. The van der Waals surface area contributed by atoms with Gasteiger partial charge < -0.3 is 14.6 Å². The highest BCUT2D eigenvalue weighted by atomic mass is 16.3. The van der Waals surface area contributed by atoms with E-state index in [1.54, 1.807) is 6.07 Å². The molecule has 2 rings (SSSR count). The lowest BCUT2D eigenvalue weighted by Crippen LogP contribution is -2.29. The van der Waals surface area contributed by atoms with E-state index < -0.39 is 12.2 Å². The molecule has 1 aromatic heterocycles. The summed E-state index contributed by atoms with van der Waals surface area (Å²) in [7, 11) is 0. The first-order valence-electron chi connectivity index (χ1n) is 5.67. The highest BCUT2D eigenvalue weighted by molar-refractivity contribution is 5.11. The largest absolute Gasteiger partial charge is 0.472 e. The maximum atomic E-state index is 10.0. The second-order valence-corrected chi connectivity index (χ2v) is 4.39. The van der Waals surface area contributed by atoms with Gasteiger partial charge >= 0.3 is 0 Å². The van der Waals surface area contributed by atoms with E-state index >= 15 is 0 Å². The third-order valence-electron chi connectivity index (χ3n) is 3.34. The van der Waals surface area contributed by atoms with E-state index in [2.05, 4.69) is 0 Å². The Hall–Kier alpha value is -0.800. The molecule has 1 fully saturated rings. The van der Waals surface area contributed by atoms with Gasteiger partial charge in [-0.1, -0.05) is 19.3 Å². The smallest absolute Gasteiger partial charge is 0.108 e. The van der Waals surface area contributed by atoms with Crippen LogP contribution in [0.3, 0.4) is 0 Å². The van der Waals surface area contributed by atoms with Crippen molar-refractivity contribution >= 4 is 0 Å². The van der Waals surface area contributed by atoms with E-state index in [0.29, 0.717) is 5.56 Å². The van der Waals surface area contributed by atoms with Gasteiger partial charge in [-0.2, -0.15) is 0 Å². The fourth-order valence-corrected chi connectivity index (χ4v) is 2.37. The van der Waals surface area contributed by atoms with Crippen LogP contribution in [0.15, 0.2) is 23.0 Å². The number of furan rings is 1. The number of hydrogen-bond acceptors (Lipinski definition) is 3. The Labute approximate surface area is 89.7 Å². The first-order chi connectivity index (χ1) is 7.29. The third kappa shape index (κ3) is 2.41. The van der Waals surface area contributed by atoms with Gasteiger partial charge in [0.05, 0.1) is 18.6 Å². The summed E-state index contributed by atoms with van der Waals surface area (Å²) < 4.78 is 4.90. The standard InChI is InChI=1S/C12H18O3/c13-11(9-4-2-1-3-5-9)12(14)10-6-7-15-8-10/h6-9,11-14H,1-5H2. The van der Waals surface area contributed by atoms with E-state index in [1.807, 2.05) is 0 Å². The highest BCUT2D eigenvalue weighted by Gasteiger charge is 2.28. The van der Waals surface area contributed by atoms with E-state index in [-0.39, 0.29) is 5.92 Å². The number of aliphatic hydroxyl groups excluding tert-OH is 2. The Morgan fingerprint density at radius 3 is 2.53 bits per heavy atom. The zero-order valence-corrected chi connectivity index (χ0v) is 8.80. The Kier molecular flexibility index (Phi) is 3.44. The van der Waals surface area contributed by atoms with Crippen molar-refractivity contribution in [2.45, 2.75) is 44.3 Å². The van der Waals surface area contributed by atoms with E-state index in [9.17, 15) is 10.2 Å². The minimum absolute atomic E-state index is 0.239. The van der Waals surface area contributed by atoms with Crippen LogP contribution < -0.4 is 0 Å². The van der Waals surface area contributed by atoms with Crippen molar-refractivity contribution in [3.63, 3.8) is 0 Å². The van der Waals surface area contributed by atoms with Gasteiger partial charge in [-0.3, -0.25) is 0 Å². The summed E-state index contributed by atoms with van der Waals surface area (Å²) >= 11 is 0. The number of hydrogen-bond donors (Lipinski definition) is 2. The van der Waals surface area contributed by atoms with Crippen molar-refractivity contribution < 1.29 is 14.6 Å². The molecule has 1 aromatic rings. The van der Waals surface area contributed by atoms with Crippen molar-refractivity contribution in [2.24, 2.45) is 5.92 Å². The average Bonchev–Trinajstić information content (AvgIpc) is 2.82. The molecule has 2 atom stereocenters. The van der Waals surface area contributed by atoms with Crippen molar-refractivity contribution in [1.82, 2.24) is 0 Å². The Bertz CT molecular complexity index is 275. The molecule has 1 aliphatic rings. The summed E-state index contributed by atoms with van der Waals surface area (Å²) in [5, 5.41) is 19.9. The Morgan fingerprint density at radius 1 is 1.20 bits per heavy atom. The van der Waals surface area contributed by atoms with Crippen molar-refractivity contribution in [2.75, 3.05) is 0 Å². The molecule has 3 nitrogen and oxygen atoms in total. The summed E-state index contributed by atoms with van der Waals surface area (Å²) in [6.07, 6.45) is 7.20. The molecule has 84 valence electrons. The molecular weight excluding hydrogens is 192 g/mol. The molecule has 0 aliphatic heterocycles. The molecule has 0 spiro atoms. The van der Waals surface area contributed by atoms with Gasteiger partial charge in [0.25, 0.3) is 0 Å². The molecule has 0 amide bonds. The van der Waals surface area contributed by atoms with Crippen molar-refractivity contribution in [1.29, 1.82) is 0 Å². The first kappa shape index (κ1) is 10.7. The van der Waals surface area contributed by atoms with Crippen LogP contribution in [0, 0.1) is 5.92 Å². The third-order valence-corrected chi connectivity index (χ3v) is 3.34. The lowest BCUT2D eigenvalue weighted by molar-refractivity contribution is -0.0288. The zero-order chi connectivity index (χ0) is 10.7.